The van der Waals surface area contributed by atoms with Crippen molar-refractivity contribution in [2.75, 3.05) is 79.5 Å². The fourth-order valence-electron chi connectivity index (χ4n) is 3.92. The third kappa shape index (κ3) is 11.5. The third-order valence-corrected chi connectivity index (χ3v) is 5.62. The van der Waals surface area contributed by atoms with Crippen LogP contribution in [0.1, 0.15) is 44.9 Å². The molecule has 27 heavy (non-hydrogen) atoms. The summed E-state index contributed by atoms with van der Waals surface area (Å²) < 4.78 is 0. The molecule has 0 atom stereocenters. The summed E-state index contributed by atoms with van der Waals surface area (Å²) in [6.45, 7) is 11.9. The molecule has 160 valence electrons. The second kappa shape index (κ2) is 15.8. The van der Waals surface area contributed by atoms with E-state index in [1.54, 1.807) is 0 Å². The zero-order chi connectivity index (χ0) is 18.5. The number of likely N-dealkylation sites (tertiary alicyclic amines) is 1. The lowest BCUT2D eigenvalue weighted by molar-refractivity contribution is 0.273. The summed E-state index contributed by atoms with van der Waals surface area (Å²) >= 11 is 0. The minimum absolute atomic E-state index is 0. The maximum atomic E-state index is 4.36. The molecule has 0 saturated carbocycles. The average molecular weight is 495 g/mol. The van der Waals surface area contributed by atoms with Crippen molar-refractivity contribution in [2.24, 2.45) is 4.99 Å². The number of hydrogen-bond donors (Lipinski definition) is 2. The number of nitrogens with one attached hydrogen (secondary N) is 2. The van der Waals surface area contributed by atoms with E-state index >= 15 is 0 Å². The topological polar surface area (TPSA) is 46.1 Å². The number of guanidine groups is 1. The highest BCUT2D eigenvalue weighted by atomic mass is 127. The Morgan fingerprint density at radius 2 is 1.30 bits per heavy atom. The molecule has 2 aliphatic heterocycles. The second-order valence-corrected chi connectivity index (χ2v) is 7.89. The standard InChI is InChI=1S/C20H42N6.HI/c1-21-20(22-10-7-15-25-13-5-3-4-6-14-25)23-11-8-16-26-17-9-12-24(2)18-19-26;/h3-19H2,1-2H3,(H2,21,22,23);1H. The highest BCUT2D eigenvalue weighted by Crippen LogP contribution is 2.09. The molecule has 2 heterocycles. The van der Waals surface area contributed by atoms with Gasteiger partial charge < -0.3 is 25.3 Å². The second-order valence-electron chi connectivity index (χ2n) is 7.89. The Hall–Kier alpha value is -0.120. The smallest absolute Gasteiger partial charge is 0.190 e. The van der Waals surface area contributed by atoms with Gasteiger partial charge in [-0.25, -0.2) is 0 Å². The van der Waals surface area contributed by atoms with Crippen molar-refractivity contribution in [1.82, 2.24) is 25.3 Å². The van der Waals surface area contributed by atoms with Crippen LogP contribution in [-0.4, -0.2) is 100 Å². The molecule has 0 amide bonds. The predicted octanol–water partition coefficient (Wildman–Crippen LogP) is 2.06. The summed E-state index contributed by atoms with van der Waals surface area (Å²) in [5.74, 6) is 0.955. The minimum atomic E-state index is 0. The number of aliphatic imine (C=N–C) groups is 1. The van der Waals surface area contributed by atoms with E-state index < -0.39 is 0 Å². The first-order valence-corrected chi connectivity index (χ1v) is 10.9. The molecular weight excluding hydrogens is 451 g/mol. The van der Waals surface area contributed by atoms with Crippen LogP contribution in [0, 0.1) is 0 Å². The fraction of sp³-hybridized carbons (Fsp3) is 0.950. The molecule has 0 unspecified atom stereocenters. The number of rotatable bonds is 8. The van der Waals surface area contributed by atoms with Crippen LogP contribution in [0.25, 0.3) is 0 Å². The minimum Gasteiger partial charge on any atom is -0.356 e. The summed E-state index contributed by atoms with van der Waals surface area (Å²) in [6, 6.07) is 0. The van der Waals surface area contributed by atoms with Crippen molar-refractivity contribution in [3.05, 3.63) is 0 Å². The highest BCUT2D eigenvalue weighted by Gasteiger charge is 2.11. The van der Waals surface area contributed by atoms with Gasteiger partial charge in [-0.3, -0.25) is 4.99 Å². The van der Waals surface area contributed by atoms with Crippen LogP contribution in [0.2, 0.25) is 0 Å². The van der Waals surface area contributed by atoms with Gasteiger partial charge in [0.05, 0.1) is 0 Å². The van der Waals surface area contributed by atoms with Crippen LogP contribution in [0.4, 0.5) is 0 Å². The third-order valence-electron chi connectivity index (χ3n) is 5.62. The lowest BCUT2D eigenvalue weighted by Crippen LogP contribution is -2.40. The van der Waals surface area contributed by atoms with Gasteiger partial charge in [0.2, 0.25) is 0 Å². The van der Waals surface area contributed by atoms with E-state index in [1.165, 1.54) is 97.3 Å². The van der Waals surface area contributed by atoms with Crippen molar-refractivity contribution >= 4 is 29.9 Å². The number of likely N-dealkylation sites (N-methyl/N-ethyl adjacent to an activating group) is 1. The van der Waals surface area contributed by atoms with Crippen molar-refractivity contribution in [2.45, 2.75) is 44.9 Å². The van der Waals surface area contributed by atoms with E-state index in [2.05, 4.69) is 37.4 Å². The molecule has 2 fully saturated rings. The quantitative estimate of drug-likeness (QED) is 0.234. The first kappa shape index (κ1) is 24.9. The fourth-order valence-corrected chi connectivity index (χ4v) is 3.92. The molecule has 2 rings (SSSR count). The van der Waals surface area contributed by atoms with Gasteiger partial charge in [-0.15, -0.1) is 24.0 Å². The van der Waals surface area contributed by atoms with Crippen LogP contribution >= 0.6 is 24.0 Å². The summed E-state index contributed by atoms with van der Waals surface area (Å²) in [5.41, 5.74) is 0. The number of hydrogen-bond acceptors (Lipinski definition) is 4. The Morgan fingerprint density at radius 1 is 0.741 bits per heavy atom. The van der Waals surface area contributed by atoms with Crippen molar-refractivity contribution in [3.8, 4) is 0 Å². The van der Waals surface area contributed by atoms with Crippen LogP contribution in [0.15, 0.2) is 4.99 Å². The van der Waals surface area contributed by atoms with Gasteiger partial charge >= 0.3 is 0 Å². The molecule has 2 aliphatic rings. The average Bonchev–Trinajstić information content (AvgIpc) is 3.03. The van der Waals surface area contributed by atoms with Crippen LogP contribution in [0.3, 0.4) is 0 Å². The summed E-state index contributed by atoms with van der Waals surface area (Å²) in [6.07, 6.45) is 9.26. The first-order valence-electron chi connectivity index (χ1n) is 10.9. The number of nitrogens with zero attached hydrogens (tertiary/aromatic N) is 4. The van der Waals surface area contributed by atoms with Gasteiger partial charge in [0.25, 0.3) is 0 Å². The lowest BCUT2D eigenvalue weighted by Gasteiger charge is -2.21. The summed E-state index contributed by atoms with van der Waals surface area (Å²) in [5, 5.41) is 6.94. The van der Waals surface area contributed by atoms with E-state index in [1.807, 2.05) is 7.05 Å². The van der Waals surface area contributed by atoms with Gasteiger partial charge in [-0.05, 0) is 78.4 Å². The molecule has 2 saturated heterocycles. The first-order chi connectivity index (χ1) is 12.8. The van der Waals surface area contributed by atoms with Gasteiger partial charge in [0, 0.05) is 33.2 Å². The molecule has 7 heteroatoms. The largest absolute Gasteiger partial charge is 0.356 e. The van der Waals surface area contributed by atoms with Crippen LogP contribution < -0.4 is 10.6 Å². The molecule has 0 aromatic rings. The van der Waals surface area contributed by atoms with Gasteiger partial charge in [0.15, 0.2) is 5.96 Å². The predicted molar refractivity (Wildman–Crippen MR) is 127 cm³/mol. The lowest BCUT2D eigenvalue weighted by atomic mass is 10.2. The Balaban J connectivity index is 0.00000364. The maximum Gasteiger partial charge on any atom is 0.190 e. The van der Waals surface area contributed by atoms with E-state index in [4.69, 9.17) is 0 Å². The highest BCUT2D eigenvalue weighted by molar-refractivity contribution is 14.0. The molecule has 0 aromatic heterocycles. The summed E-state index contributed by atoms with van der Waals surface area (Å²) in [7, 11) is 4.10. The van der Waals surface area contributed by atoms with Crippen molar-refractivity contribution in [3.63, 3.8) is 0 Å². The monoisotopic (exact) mass is 494 g/mol. The van der Waals surface area contributed by atoms with Crippen LogP contribution in [0.5, 0.6) is 0 Å². The normalized spacial score (nSPS) is 21.2. The molecule has 0 aliphatic carbocycles. The Kier molecular flexibility index (Phi) is 14.5. The zero-order valence-electron chi connectivity index (χ0n) is 17.7. The van der Waals surface area contributed by atoms with Gasteiger partial charge in [-0.2, -0.15) is 0 Å². The Bertz CT molecular complexity index is 385. The Morgan fingerprint density at radius 3 is 1.89 bits per heavy atom. The molecule has 0 radical (unpaired) electrons. The van der Waals surface area contributed by atoms with Gasteiger partial charge in [-0.1, -0.05) is 12.8 Å². The van der Waals surface area contributed by atoms with E-state index in [0.717, 1.165) is 19.0 Å². The zero-order valence-corrected chi connectivity index (χ0v) is 20.0. The van der Waals surface area contributed by atoms with Gasteiger partial charge in [0.1, 0.15) is 0 Å². The van der Waals surface area contributed by atoms with E-state index in [-0.39, 0.29) is 24.0 Å². The SMILES string of the molecule is CN=C(NCCCN1CCCCCC1)NCCCN1CCCN(C)CC1.I. The molecule has 0 spiro atoms. The van der Waals surface area contributed by atoms with E-state index in [0.29, 0.717) is 0 Å². The van der Waals surface area contributed by atoms with E-state index in [9.17, 15) is 0 Å². The maximum absolute atomic E-state index is 4.36. The summed E-state index contributed by atoms with van der Waals surface area (Å²) in [4.78, 5) is 12.0. The molecule has 2 N–H and O–H groups in total. The molecule has 0 aromatic carbocycles. The number of halogens is 1. The molecule has 0 bridgehead atoms. The van der Waals surface area contributed by atoms with Crippen LogP contribution in [-0.2, 0) is 0 Å². The van der Waals surface area contributed by atoms with Crippen molar-refractivity contribution in [1.29, 1.82) is 0 Å². The van der Waals surface area contributed by atoms with Crippen molar-refractivity contribution < 1.29 is 0 Å². The Labute approximate surface area is 184 Å². The molecule has 6 nitrogen and oxygen atoms in total. The molecular formula is C20H43IN6.